The average molecular weight is 279 g/mol. The molecule has 2 atom stereocenters. The number of benzene rings is 2. The van der Waals surface area contributed by atoms with E-state index in [2.05, 4.69) is 49.4 Å². The molecule has 0 saturated carbocycles. The summed E-state index contributed by atoms with van der Waals surface area (Å²) in [7, 11) is 0. The molecule has 0 fully saturated rings. The third kappa shape index (κ3) is 1.90. The Bertz CT molecular complexity index is 694. The maximum absolute atomic E-state index is 6.91. The van der Waals surface area contributed by atoms with Crippen LogP contribution in [0.2, 0.25) is 0 Å². The molecule has 0 aromatic heterocycles. The van der Waals surface area contributed by atoms with Gasteiger partial charge in [-0.25, -0.2) is 0 Å². The van der Waals surface area contributed by atoms with Gasteiger partial charge in [-0.3, -0.25) is 0 Å². The van der Waals surface area contributed by atoms with Crippen LogP contribution in [0.25, 0.3) is 0 Å². The molecule has 0 saturated heterocycles. The lowest BCUT2D eigenvalue weighted by molar-refractivity contribution is 0.356. The van der Waals surface area contributed by atoms with Crippen LogP contribution in [0.4, 0.5) is 0 Å². The molecule has 1 aliphatic carbocycles. The molecule has 21 heavy (non-hydrogen) atoms. The van der Waals surface area contributed by atoms with E-state index in [0.717, 1.165) is 31.6 Å². The molecule has 0 spiro atoms. The van der Waals surface area contributed by atoms with Crippen molar-refractivity contribution in [3.8, 4) is 5.75 Å². The van der Waals surface area contributed by atoms with Crippen molar-refractivity contribution in [2.24, 2.45) is 5.73 Å². The maximum atomic E-state index is 6.91. The molecule has 2 nitrogen and oxygen atoms in total. The van der Waals surface area contributed by atoms with Crippen LogP contribution in [0.3, 0.4) is 0 Å². The fourth-order valence-electron chi connectivity index (χ4n) is 3.83. The second-order valence-electron chi connectivity index (χ2n) is 6.42. The van der Waals surface area contributed by atoms with Crippen LogP contribution in [-0.2, 0) is 12.0 Å². The Morgan fingerprint density at radius 1 is 1.19 bits per heavy atom. The number of ether oxygens (including phenoxy) is 1. The van der Waals surface area contributed by atoms with Gasteiger partial charge in [0, 0.05) is 6.42 Å². The van der Waals surface area contributed by atoms with Gasteiger partial charge in [-0.2, -0.15) is 0 Å². The van der Waals surface area contributed by atoms with Gasteiger partial charge in [0.1, 0.15) is 5.75 Å². The predicted octanol–water partition coefficient (Wildman–Crippen LogP) is 3.72. The van der Waals surface area contributed by atoms with E-state index in [-0.39, 0.29) is 5.54 Å². The van der Waals surface area contributed by atoms with E-state index in [1.54, 1.807) is 0 Å². The van der Waals surface area contributed by atoms with Crippen LogP contribution in [0.1, 0.15) is 47.9 Å². The smallest absolute Gasteiger partial charge is 0.122 e. The molecule has 2 aromatic carbocycles. The molecular weight excluding hydrogens is 258 g/mol. The van der Waals surface area contributed by atoms with Gasteiger partial charge in [0.15, 0.2) is 0 Å². The van der Waals surface area contributed by atoms with Gasteiger partial charge in [-0.1, -0.05) is 37.3 Å². The zero-order valence-corrected chi connectivity index (χ0v) is 12.4. The lowest BCUT2D eigenvalue weighted by Gasteiger charge is -2.39. The van der Waals surface area contributed by atoms with Crippen LogP contribution >= 0.6 is 0 Å². The van der Waals surface area contributed by atoms with E-state index < -0.39 is 0 Å². The van der Waals surface area contributed by atoms with Crippen molar-refractivity contribution < 1.29 is 4.74 Å². The standard InChI is InChI=1S/C19H21NO/c1-13-8-10-19(20,17-5-3-2-4-16(13)17)15-6-7-18-14(12-15)9-11-21-18/h2-7,12-13H,8-11,20H2,1H3. The Kier molecular flexibility index (Phi) is 2.83. The molecule has 4 rings (SSSR count). The molecule has 1 aliphatic heterocycles. The monoisotopic (exact) mass is 279 g/mol. The minimum absolute atomic E-state index is 0.360. The van der Waals surface area contributed by atoms with Crippen LogP contribution in [0, 0.1) is 0 Å². The Hall–Kier alpha value is -1.80. The Labute approximate surface area is 125 Å². The van der Waals surface area contributed by atoms with Crippen molar-refractivity contribution in [3.63, 3.8) is 0 Å². The first-order valence-corrected chi connectivity index (χ1v) is 7.83. The first-order valence-electron chi connectivity index (χ1n) is 7.83. The second-order valence-corrected chi connectivity index (χ2v) is 6.42. The number of hydrogen-bond donors (Lipinski definition) is 1. The zero-order valence-electron chi connectivity index (χ0n) is 12.4. The minimum atomic E-state index is -0.360. The lowest BCUT2D eigenvalue weighted by atomic mass is 9.69. The maximum Gasteiger partial charge on any atom is 0.122 e. The van der Waals surface area contributed by atoms with Gasteiger partial charge >= 0.3 is 0 Å². The van der Waals surface area contributed by atoms with E-state index in [1.165, 1.54) is 22.3 Å². The van der Waals surface area contributed by atoms with Gasteiger partial charge in [-0.15, -0.1) is 0 Å². The van der Waals surface area contributed by atoms with Gasteiger partial charge in [0.25, 0.3) is 0 Å². The molecule has 1 heterocycles. The van der Waals surface area contributed by atoms with Crippen LogP contribution in [-0.4, -0.2) is 6.61 Å². The van der Waals surface area contributed by atoms with Crippen molar-refractivity contribution in [2.45, 2.75) is 37.6 Å². The van der Waals surface area contributed by atoms with Crippen LogP contribution in [0.15, 0.2) is 42.5 Å². The summed E-state index contributed by atoms with van der Waals surface area (Å²) in [6.45, 7) is 3.10. The molecule has 2 heteroatoms. The number of fused-ring (bicyclic) bond motifs is 2. The molecule has 2 unspecified atom stereocenters. The third-order valence-electron chi connectivity index (χ3n) is 5.15. The van der Waals surface area contributed by atoms with Crippen LogP contribution in [0.5, 0.6) is 5.75 Å². The van der Waals surface area contributed by atoms with E-state index in [0.29, 0.717) is 5.92 Å². The summed E-state index contributed by atoms with van der Waals surface area (Å²) >= 11 is 0. The third-order valence-corrected chi connectivity index (χ3v) is 5.15. The summed E-state index contributed by atoms with van der Waals surface area (Å²) < 4.78 is 5.62. The highest BCUT2D eigenvalue weighted by Crippen LogP contribution is 2.44. The van der Waals surface area contributed by atoms with Crippen LogP contribution < -0.4 is 10.5 Å². The molecule has 0 amide bonds. The van der Waals surface area contributed by atoms with Crippen molar-refractivity contribution in [1.29, 1.82) is 0 Å². The molecule has 0 bridgehead atoms. The Morgan fingerprint density at radius 3 is 2.95 bits per heavy atom. The average Bonchev–Trinajstić information content (AvgIpc) is 2.99. The number of nitrogens with two attached hydrogens (primary N) is 1. The molecule has 108 valence electrons. The van der Waals surface area contributed by atoms with Crippen molar-refractivity contribution in [3.05, 3.63) is 64.7 Å². The second kappa shape index (κ2) is 4.60. The van der Waals surface area contributed by atoms with E-state index in [4.69, 9.17) is 10.5 Å². The van der Waals surface area contributed by atoms with Gasteiger partial charge in [0.2, 0.25) is 0 Å². The van der Waals surface area contributed by atoms with Gasteiger partial charge in [-0.05, 0) is 53.1 Å². The van der Waals surface area contributed by atoms with E-state index >= 15 is 0 Å². The highest BCUT2D eigenvalue weighted by Gasteiger charge is 2.37. The van der Waals surface area contributed by atoms with Gasteiger partial charge < -0.3 is 10.5 Å². The van der Waals surface area contributed by atoms with Gasteiger partial charge in [0.05, 0.1) is 12.1 Å². The molecule has 2 aromatic rings. The fraction of sp³-hybridized carbons (Fsp3) is 0.368. The predicted molar refractivity (Wildman–Crippen MR) is 84.7 cm³/mol. The normalized spacial score (nSPS) is 26.9. The highest BCUT2D eigenvalue weighted by atomic mass is 16.5. The zero-order chi connectivity index (χ0) is 14.4. The summed E-state index contributed by atoms with van der Waals surface area (Å²) in [5.41, 5.74) is 11.8. The molecule has 0 radical (unpaired) electrons. The van der Waals surface area contributed by atoms with Crippen molar-refractivity contribution in [2.75, 3.05) is 6.61 Å². The number of rotatable bonds is 1. The summed E-state index contributed by atoms with van der Waals surface area (Å²) in [6, 6.07) is 15.2. The first-order chi connectivity index (χ1) is 10.2. The largest absolute Gasteiger partial charge is 0.493 e. The Morgan fingerprint density at radius 2 is 2.05 bits per heavy atom. The SMILES string of the molecule is CC1CCC(N)(c2ccc3c(c2)CCO3)c2ccccc21. The van der Waals surface area contributed by atoms with Crippen molar-refractivity contribution >= 4 is 0 Å². The molecular formula is C19H21NO. The summed E-state index contributed by atoms with van der Waals surface area (Å²) in [5.74, 6) is 1.62. The van der Waals surface area contributed by atoms with E-state index in [1.807, 2.05) is 0 Å². The number of hydrogen-bond acceptors (Lipinski definition) is 2. The fourth-order valence-corrected chi connectivity index (χ4v) is 3.83. The quantitative estimate of drug-likeness (QED) is 0.863. The molecule has 2 N–H and O–H groups in total. The summed E-state index contributed by atoms with van der Waals surface area (Å²) in [4.78, 5) is 0. The minimum Gasteiger partial charge on any atom is -0.493 e. The van der Waals surface area contributed by atoms with E-state index in [9.17, 15) is 0 Å². The van der Waals surface area contributed by atoms with Crippen molar-refractivity contribution in [1.82, 2.24) is 0 Å². The summed E-state index contributed by atoms with van der Waals surface area (Å²) in [6.07, 6.45) is 3.14. The Balaban J connectivity index is 1.86. The topological polar surface area (TPSA) is 35.2 Å². The lowest BCUT2D eigenvalue weighted by Crippen LogP contribution is -2.41. The highest BCUT2D eigenvalue weighted by molar-refractivity contribution is 5.49. The summed E-state index contributed by atoms with van der Waals surface area (Å²) in [5, 5.41) is 0. The first kappa shape index (κ1) is 12.9. The molecule has 2 aliphatic rings.